The fourth-order valence-corrected chi connectivity index (χ4v) is 3.13. The number of nitrogens with one attached hydrogen (secondary N) is 1. The van der Waals surface area contributed by atoms with Gasteiger partial charge in [-0.25, -0.2) is 8.42 Å². The lowest BCUT2D eigenvalue weighted by Gasteiger charge is -2.26. The van der Waals surface area contributed by atoms with Crippen molar-refractivity contribution in [2.75, 3.05) is 7.11 Å². The van der Waals surface area contributed by atoms with E-state index in [9.17, 15) is 13.2 Å². The first-order valence-corrected chi connectivity index (χ1v) is 7.53. The van der Waals surface area contributed by atoms with E-state index in [1.165, 1.54) is 32.2 Å². The van der Waals surface area contributed by atoms with Crippen LogP contribution in [0, 0.1) is 6.92 Å². The zero-order chi connectivity index (χ0) is 15.4. The molecule has 0 saturated carbocycles. The van der Waals surface area contributed by atoms with Crippen LogP contribution in [0.4, 0.5) is 0 Å². The summed E-state index contributed by atoms with van der Waals surface area (Å²) >= 11 is 0. The summed E-state index contributed by atoms with van der Waals surface area (Å²) < 4.78 is 31.6. The van der Waals surface area contributed by atoms with Crippen LogP contribution in [0.3, 0.4) is 0 Å². The minimum Gasteiger partial charge on any atom is -0.468 e. The van der Waals surface area contributed by atoms with Gasteiger partial charge in [0.1, 0.15) is 5.54 Å². The highest BCUT2D eigenvalue weighted by Gasteiger charge is 2.37. The zero-order valence-corrected chi connectivity index (χ0v) is 12.7. The molecule has 0 saturated heterocycles. The Kier molecular flexibility index (Phi) is 5.08. The summed E-state index contributed by atoms with van der Waals surface area (Å²) in [6, 6.07) is 6.36. The number of hydrogen-bond acceptors (Lipinski definition) is 4. The highest BCUT2D eigenvalue weighted by atomic mass is 32.2. The second-order valence-electron chi connectivity index (χ2n) is 4.74. The van der Waals surface area contributed by atoms with Crippen LogP contribution in [-0.2, 0) is 19.6 Å². The number of ether oxygens (including phenoxy) is 1. The fourth-order valence-electron chi connectivity index (χ4n) is 1.75. The molecule has 1 unspecified atom stereocenters. The minimum atomic E-state index is -3.81. The molecule has 0 aliphatic heterocycles. The molecule has 20 heavy (non-hydrogen) atoms. The summed E-state index contributed by atoms with van der Waals surface area (Å²) in [5, 5.41) is 0. The number of aryl methyl sites for hydroxylation is 1. The molecule has 6 heteroatoms. The molecule has 1 aromatic rings. The monoisotopic (exact) mass is 297 g/mol. The number of sulfonamides is 1. The maximum atomic E-state index is 12.3. The molecule has 1 rings (SSSR count). The van der Waals surface area contributed by atoms with E-state index in [0.717, 1.165) is 5.56 Å². The van der Waals surface area contributed by atoms with Gasteiger partial charge in [-0.3, -0.25) is 4.79 Å². The maximum absolute atomic E-state index is 12.3. The summed E-state index contributed by atoms with van der Waals surface area (Å²) in [6.45, 7) is 6.86. The predicted molar refractivity (Wildman–Crippen MR) is 76.7 cm³/mol. The summed E-state index contributed by atoms with van der Waals surface area (Å²) in [5.41, 5.74) is -0.425. The molecular weight excluding hydrogens is 278 g/mol. The van der Waals surface area contributed by atoms with Crippen LogP contribution in [0.15, 0.2) is 41.8 Å². The lowest BCUT2D eigenvalue weighted by molar-refractivity contribution is -0.146. The van der Waals surface area contributed by atoms with Crippen LogP contribution in [0.1, 0.15) is 18.9 Å². The molecule has 0 amide bonds. The minimum absolute atomic E-state index is 0.0993. The Morgan fingerprint density at radius 3 is 2.40 bits per heavy atom. The van der Waals surface area contributed by atoms with Crippen LogP contribution in [0.25, 0.3) is 0 Å². The first-order chi connectivity index (χ1) is 9.25. The van der Waals surface area contributed by atoms with Gasteiger partial charge in [-0.1, -0.05) is 23.8 Å². The van der Waals surface area contributed by atoms with Crippen molar-refractivity contribution in [3.8, 4) is 0 Å². The SMILES string of the molecule is C=CCC(C)(NS(=O)(=O)c1ccc(C)cc1)C(=O)OC. The number of hydrogen-bond donors (Lipinski definition) is 1. The molecule has 1 atom stereocenters. The van der Waals surface area contributed by atoms with Gasteiger partial charge in [-0.15, -0.1) is 6.58 Å². The number of methoxy groups -OCH3 is 1. The van der Waals surface area contributed by atoms with Gasteiger partial charge >= 0.3 is 5.97 Å². The largest absolute Gasteiger partial charge is 0.468 e. The number of esters is 1. The highest BCUT2D eigenvalue weighted by Crippen LogP contribution is 2.18. The molecule has 0 aliphatic carbocycles. The molecule has 1 N–H and O–H groups in total. The van der Waals surface area contributed by atoms with E-state index in [2.05, 4.69) is 16.0 Å². The Morgan fingerprint density at radius 2 is 1.95 bits per heavy atom. The molecule has 110 valence electrons. The first kappa shape index (κ1) is 16.4. The van der Waals surface area contributed by atoms with E-state index in [-0.39, 0.29) is 11.3 Å². The van der Waals surface area contributed by atoms with Gasteiger partial charge < -0.3 is 4.74 Å². The molecule has 0 heterocycles. The second kappa shape index (κ2) is 6.19. The van der Waals surface area contributed by atoms with Crippen LogP contribution >= 0.6 is 0 Å². The third-order valence-electron chi connectivity index (χ3n) is 2.88. The summed E-state index contributed by atoms with van der Waals surface area (Å²) in [5.74, 6) is -0.659. The van der Waals surface area contributed by atoms with Crippen molar-refractivity contribution in [1.82, 2.24) is 4.72 Å². The maximum Gasteiger partial charge on any atom is 0.327 e. The van der Waals surface area contributed by atoms with Gasteiger partial charge in [0.2, 0.25) is 10.0 Å². The third kappa shape index (κ3) is 3.68. The van der Waals surface area contributed by atoms with Crippen LogP contribution < -0.4 is 4.72 Å². The molecule has 0 bridgehead atoms. The summed E-state index contributed by atoms with van der Waals surface area (Å²) in [4.78, 5) is 11.9. The summed E-state index contributed by atoms with van der Waals surface area (Å²) in [7, 11) is -2.60. The molecule has 0 aliphatic rings. The van der Waals surface area contributed by atoms with Gasteiger partial charge in [-0.05, 0) is 32.4 Å². The number of rotatable bonds is 6. The van der Waals surface area contributed by atoms with Gasteiger partial charge in [0.05, 0.1) is 12.0 Å². The highest BCUT2D eigenvalue weighted by molar-refractivity contribution is 7.89. The second-order valence-corrected chi connectivity index (χ2v) is 6.42. The van der Waals surface area contributed by atoms with Crippen molar-refractivity contribution in [2.24, 2.45) is 0 Å². The van der Waals surface area contributed by atoms with E-state index in [0.29, 0.717) is 0 Å². The van der Waals surface area contributed by atoms with Crippen LogP contribution in [0.2, 0.25) is 0 Å². The third-order valence-corrected chi connectivity index (χ3v) is 4.49. The molecule has 0 radical (unpaired) electrons. The van der Waals surface area contributed by atoms with Gasteiger partial charge in [0.15, 0.2) is 0 Å². The molecular formula is C14H19NO4S. The molecule has 0 aromatic heterocycles. The Morgan fingerprint density at radius 1 is 1.40 bits per heavy atom. The van der Waals surface area contributed by atoms with E-state index in [4.69, 9.17) is 0 Å². The smallest absolute Gasteiger partial charge is 0.327 e. The fraction of sp³-hybridized carbons (Fsp3) is 0.357. The van der Waals surface area contributed by atoms with Crippen molar-refractivity contribution < 1.29 is 17.9 Å². The Labute approximate surface area is 119 Å². The zero-order valence-electron chi connectivity index (χ0n) is 11.8. The van der Waals surface area contributed by atoms with E-state index in [1.807, 2.05) is 6.92 Å². The molecule has 1 aromatic carbocycles. The summed E-state index contributed by atoms with van der Waals surface area (Å²) in [6.07, 6.45) is 1.60. The normalized spacial score (nSPS) is 14.3. The molecule has 5 nitrogen and oxygen atoms in total. The number of carbonyl (C=O) groups is 1. The van der Waals surface area contributed by atoms with Gasteiger partial charge in [-0.2, -0.15) is 4.72 Å². The Bertz CT molecular complexity index is 592. The lowest BCUT2D eigenvalue weighted by Crippen LogP contribution is -2.52. The first-order valence-electron chi connectivity index (χ1n) is 6.05. The number of carbonyl (C=O) groups excluding carboxylic acids is 1. The molecule has 0 fully saturated rings. The standard InChI is InChI=1S/C14H19NO4S/c1-5-10-14(3,13(16)19-4)15-20(17,18)12-8-6-11(2)7-9-12/h5-9,15H,1,10H2,2-4H3. The number of benzene rings is 1. The van der Waals surface area contributed by atoms with Crippen molar-refractivity contribution in [3.63, 3.8) is 0 Å². The van der Waals surface area contributed by atoms with E-state index < -0.39 is 21.5 Å². The van der Waals surface area contributed by atoms with Crippen LogP contribution in [-0.4, -0.2) is 27.0 Å². The van der Waals surface area contributed by atoms with E-state index in [1.54, 1.807) is 12.1 Å². The Hall–Kier alpha value is -1.66. The van der Waals surface area contributed by atoms with Gasteiger partial charge in [0.25, 0.3) is 0 Å². The predicted octanol–water partition coefficient (Wildman–Crippen LogP) is 1.78. The van der Waals surface area contributed by atoms with Crippen molar-refractivity contribution in [3.05, 3.63) is 42.5 Å². The lowest BCUT2D eigenvalue weighted by atomic mass is 10.00. The van der Waals surface area contributed by atoms with Crippen LogP contribution in [0.5, 0.6) is 0 Å². The molecule has 0 spiro atoms. The van der Waals surface area contributed by atoms with Gasteiger partial charge in [0, 0.05) is 0 Å². The topological polar surface area (TPSA) is 72.5 Å². The Balaban J connectivity index is 3.12. The average molecular weight is 297 g/mol. The quantitative estimate of drug-likeness (QED) is 0.641. The van der Waals surface area contributed by atoms with E-state index >= 15 is 0 Å². The van der Waals surface area contributed by atoms with Crippen molar-refractivity contribution in [2.45, 2.75) is 30.7 Å². The van der Waals surface area contributed by atoms with Crippen molar-refractivity contribution >= 4 is 16.0 Å². The average Bonchev–Trinajstić information content (AvgIpc) is 2.37. The van der Waals surface area contributed by atoms with Crippen molar-refractivity contribution in [1.29, 1.82) is 0 Å².